The Labute approximate surface area is 167 Å². The van der Waals surface area contributed by atoms with Gasteiger partial charge in [-0.1, -0.05) is 6.07 Å². The second-order valence-corrected chi connectivity index (χ2v) is 6.78. The van der Waals surface area contributed by atoms with Gasteiger partial charge in [-0.25, -0.2) is 4.98 Å². The number of ether oxygens (including phenoxy) is 1. The molecule has 4 rings (SSSR count). The summed E-state index contributed by atoms with van der Waals surface area (Å²) in [6.07, 6.45) is 1.53. The number of oxazole rings is 1. The highest BCUT2D eigenvalue weighted by molar-refractivity contribution is 5.87. The Hall–Kier alpha value is -3.80. The Morgan fingerprint density at radius 3 is 2.62 bits per heavy atom. The number of aliphatic imine (C=N–C) groups is 1. The van der Waals surface area contributed by atoms with Gasteiger partial charge in [-0.2, -0.15) is 0 Å². The third-order valence-electron chi connectivity index (χ3n) is 4.82. The van der Waals surface area contributed by atoms with Crippen molar-refractivity contribution < 1.29 is 19.4 Å². The molecule has 0 atom stereocenters. The fraction of sp³-hybridized carbons (Fsp3) is 0.130. The zero-order valence-electron chi connectivity index (χ0n) is 16.3. The predicted molar refractivity (Wildman–Crippen MR) is 112 cm³/mol. The zero-order valence-corrected chi connectivity index (χ0v) is 16.3. The van der Waals surface area contributed by atoms with Crippen LogP contribution in [0.4, 0.5) is 5.69 Å². The Bertz CT molecular complexity index is 1200. The molecular weight excluding hydrogens is 368 g/mol. The van der Waals surface area contributed by atoms with Gasteiger partial charge in [0, 0.05) is 11.8 Å². The molecule has 146 valence electrons. The number of aromatic nitrogens is 1. The molecule has 0 saturated heterocycles. The molecule has 0 radical (unpaired) electrons. The Morgan fingerprint density at radius 1 is 1.03 bits per heavy atom. The molecule has 0 aliphatic rings. The molecule has 0 aliphatic carbocycles. The smallest absolute Gasteiger partial charge is 0.231 e. The zero-order chi connectivity index (χ0) is 20.5. The number of rotatable bonds is 4. The van der Waals surface area contributed by atoms with Crippen LogP contribution in [0.15, 0.2) is 57.9 Å². The minimum absolute atomic E-state index is 0.0162. The van der Waals surface area contributed by atoms with Crippen molar-refractivity contribution in [2.75, 3.05) is 7.11 Å². The van der Waals surface area contributed by atoms with Crippen molar-refractivity contribution in [2.24, 2.45) is 4.99 Å². The number of phenolic OH excluding ortho intramolecular Hbond substituents is 2. The molecule has 0 saturated carbocycles. The fourth-order valence-corrected chi connectivity index (χ4v) is 3.02. The third kappa shape index (κ3) is 3.52. The second-order valence-electron chi connectivity index (χ2n) is 6.78. The van der Waals surface area contributed by atoms with E-state index < -0.39 is 0 Å². The first-order valence-corrected chi connectivity index (χ1v) is 9.07. The lowest BCUT2D eigenvalue weighted by Gasteiger charge is -2.05. The monoisotopic (exact) mass is 388 g/mol. The first-order valence-electron chi connectivity index (χ1n) is 9.07. The van der Waals surface area contributed by atoms with Crippen LogP contribution < -0.4 is 4.74 Å². The van der Waals surface area contributed by atoms with E-state index in [9.17, 15) is 10.2 Å². The van der Waals surface area contributed by atoms with E-state index in [1.165, 1.54) is 13.3 Å². The standard InChI is InChI=1S/C23H20N2O4/c1-13-9-18-21(10-14(13)2)29-23(25-18)17-11-16(7-8-19(17)26)24-12-15-5-4-6-20(28-3)22(15)27/h4-12,26-27H,1-3H3. The number of aromatic hydroxyl groups is 2. The van der Waals surface area contributed by atoms with Gasteiger partial charge in [0.25, 0.3) is 0 Å². The van der Waals surface area contributed by atoms with E-state index in [-0.39, 0.29) is 11.5 Å². The number of methoxy groups -OCH3 is 1. The van der Waals surface area contributed by atoms with Gasteiger partial charge in [-0.15, -0.1) is 0 Å². The number of phenols is 2. The first kappa shape index (κ1) is 18.6. The molecule has 0 amide bonds. The third-order valence-corrected chi connectivity index (χ3v) is 4.82. The van der Waals surface area contributed by atoms with Gasteiger partial charge in [-0.3, -0.25) is 4.99 Å². The highest BCUT2D eigenvalue weighted by atomic mass is 16.5. The largest absolute Gasteiger partial charge is 0.507 e. The summed E-state index contributed by atoms with van der Waals surface area (Å²) >= 11 is 0. The van der Waals surface area contributed by atoms with Crippen LogP contribution in [0.1, 0.15) is 16.7 Å². The number of hydrogen-bond donors (Lipinski definition) is 2. The summed E-state index contributed by atoms with van der Waals surface area (Å²) in [5.41, 5.74) is 5.18. The minimum atomic E-state index is 0.0162. The Balaban J connectivity index is 1.72. The van der Waals surface area contributed by atoms with Crippen LogP contribution in [0.3, 0.4) is 0 Å². The first-order chi connectivity index (χ1) is 14.0. The van der Waals surface area contributed by atoms with Crippen LogP contribution in [0.2, 0.25) is 0 Å². The maximum Gasteiger partial charge on any atom is 0.231 e. The van der Waals surface area contributed by atoms with Gasteiger partial charge in [0.1, 0.15) is 11.3 Å². The number of aryl methyl sites for hydroxylation is 2. The molecule has 0 fully saturated rings. The molecule has 0 spiro atoms. The van der Waals surface area contributed by atoms with Crippen molar-refractivity contribution in [3.05, 3.63) is 65.2 Å². The molecule has 2 N–H and O–H groups in total. The molecule has 3 aromatic carbocycles. The summed E-state index contributed by atoms with van der Waals surface area (Å²) < 4.78 is 11.0. The number of benzene rings is 3. The Morgan fingerprint density at radius 2 is 1.83 bits per heavy atom. The number of hydrogen-bond acceptors (Lipinski definition) is 6. The summed E-state index contributed by atoms with van der Waals surface area (Å²) in [5, 5.41) is 20.5. The number of para-hydroxylation sites is 1. The lowest BCUT2D eigenvalue weighted by Crippen LogP contribution is -1.88. The predicted octanol–water partition coefficient (Wildman–Crippen LogP) is 5.28. The Kier molecular flexibility index (Phi) is 4.68. The summed E-state index contributed by atoms with van der Waals surface area (Å²) in [6.45, 7) is 4.03. The van der Waals surface area contributed by atoms with E-state index in [2.05, 4.69) is 9.98 Å². The molecule has 0 unspecified atom stereocenters. The van der Waals surface area contributed by atoms with Crippen LogP contribution in [-0.2, 0) is 0 Å². The highest BCUT2D eigenvalue weighted by Gasteiger charge is 2.14. The molecule has 1 heterocycles. The van der Waals surface area contributed by atoms with E-state index in [1.807, 2.05) is 26.0 Å². The molecule has 0 bridgehead atoms. The maximum atomic E-state index is 10.3. The average Bonchev–Trinajstić information content (AvgIpc) is 3.11. The maximum absolute atomic E-state index is 10.3. The van der Waals surface area contributed by atoms with E-state index in [0.717, 1.165) is 16.6 Å². The number of fused-ring (bicyclic) bond motifs is 1. The fourth-order valence-electron chi connectivity index (χ4n) is 3.02. The van der Waals surface area contributed by atoms with Crippen molar-refractivity contribution >= 4 is 23.0 Å². The van der Waals surface area contributed by atoms with Gasteiger partial charge < -0.3 is 19.4 Å². The van der Waals surface area contributed by atoms with E-state index in [0.29, 0.717) is 34.0 Å². The van der Waals surface area contributed by atoms with Gasteiger partial charge in [0.05, 0.1) is 18.4 Å². The molecule has 1 aromatic heterocycles. The van der Waals surface area contributed by atoms with Crippen molar-refractivity contribution in [3.63, 3.8) is 0 Å². The van der Waals surface area contributed by atoms with Crippen LogP contribution in [0.5, 0.6) is 17.2 Å². The molecule has 4 aromatic rings. The molecular formula is C23H20N2O4. The second kappa shape index (κ2) is 7.31. The van der Waals surface area contributed by atoms with Crippen LogP contribution in [0, 0.1) is 13.8 Å². The van der Waals surface area contributed by atoms with Gasteiger partial charge in [0.2, 0.25) is 5.89 Å². The molecule has 0 aliphatic heterocycles. The van der Waals surface area contributed by atoms with Crippen molar-refractivity contribution in [2.45, 2.75) is 13.8 Å². The average molecular weight is 388 g/mol. The highest BCUT2D eigenvalue weighted by Crippen LogP contribution is 2.35. The van der Waals surface area contributed by atoms with Crippen molar-refractivity contribution in [1.82, 2.24) is 4.98 Å². The van der Waals surface area contributed by atoms with Gasteiger partial charge in [0.15, 0.2) is 17.1 Å². The summed E-state index contributed by atoms with van der Waals surface area (Å²) in [7, 11) is 1.49. The van der Waals surface area contributed by atoms with Crippen molar-refractivity contribution in [1.29, 1.82) is 0 Å². The normalized spacial score (nSPS) is 11.4. The summed E-state index contributed by atoms with van der Waals surface area (Å²) in [6, 6.07) is 14.0. The van der Waals surface area contributed by atoms with Crippen LogP contribution >= 0.6 is 0 Å². The molecule has 6 nitrogen and oxygen atoms in total. The summed E-state index contributed by atoms with van der Waals surface area (Å²) in [5.74, 6) is 0.761. The number of nitrogens with zero attached hydrogens (tertiary/aromatic N) is 2. The lowest BCUT2D eigenvalue weighted by atomic mass is 10.1. The van der Waals surface area contributed by atoms with Crippen molar-refractivity contribution in [3.8, 4) is 28.7 Å². The van der Waals surface area contributed by atoms with Gasteiger partial charge in [-0.05, 0) is 67.4 Å². The summed E-state index contributed by atoms with van der Waals surface area (Å²) in [4.78, 5) is 8.91. The molecule has 6 heteroatoms. The van der Waals surface area contributed by atoms with E-state index >= 15 is 0 Å². The molecule has 29 heavy (non-hydrogen) atoms. The van der Waals surface area contributed by atoms with E-state index in [1.54, 1.807) is 36.4 Å². The van der Waals surface area contributed by atoms with Gasteiger partial charge >= 0.3 is 0 Å². The topological polar surface area (TPSA) is 88.1 Å². The van der Waals surface area contributed by atoms with Crippen LogP contribution in [-0.4, -0.2) is 28.5 Å². The SMILES string of the molecule is COc1cccc(C=Nc2ccc(O)c(-c3nc4cc(C)c(C)cc4o3)c2)c1O. The van der Waals surface area contributed by atoms with Crippen LogP contribution in [0.25, 0.3) is 22.6 Å². The van der Waals surface area contributed by atoms with E-state index in [4.69, 9.17) is 9.15 Å². The minimum Gasteiger partial charge on any atom is -0.507 e. The lowest BCUT2D eigenvalue weighted by molar-refractivity contribution is 0.373. The quantitative estimate of drug-likeness (QED) is 0.464.